The van der Waals surface area contributed by atoms with Crippen molar-refractivity contribution in [2.75, 3.05) is 13.7 Å². The van der Waals surface area contributed by atoms with Crippen LogP contribution in [0.3, 0.4) is 0 Å². The van der Waals surface area contributed by atoms with Gasteiger partial charge in [0.1, 0.15) is 29.2 Å². The quantitative estimate of drug-likeness (QED) is 0.649. The number of amides is 1. The Balaban J connectivity index is 1.65. The molecule has 1 amide bonds. The minimum absolute atomic E-state index is 0.161. The number of methoxy groups -OCH3 is 1. The molecule has 6 nitrogen and oxygen atoms in total. The summed E-state index contributed by atoms with van der Waals surface area (Å²) in [5.41, 5.74) is 0.892. The van der Waals surface area contributed by atoms with E-state index >= 15 is 0 Å². The van der Waals surface area contributed by atoms with Crippen molar-refractivity contribution in [1.82, 2.24) is 14.9 Å². The maximum Gasteiger partial charge on any atom is 0.224 e. The van der Waals surface area contributed by atoms with E-state index in [2.05, 4.69) is 10.3 Å². The molecule has 1 unspecified atom stereocenters. The van der Waals surface area contributed by atoms with E-state index in [0.29, 0.717) is 5.75 Å². The number of aromatic nitrogens is 2. The number of imidazole rings is 1. The number of nitrogens with one attached hydrogen (secondary N) is 1. The molecule has 1 heterocycles. The third kappa shape index (κ3) is 4.88. The van der Waals surface area contributed by atoms with Gasteiger partial charge in [-0.3, -0.25) is 4.79 Å². The average Bonchev–Trinajstić information content (AvgIpc) is 3.13. The van der Waals surface area contributed by atoms with Crippen molar-refractivity contribution in [3.63, 3.8) is 0 Å². The monoisotopic (exact) mass is 383 g/mol. The fraction of sp³-hybridized carbons (Fsp3) is 0.238. The summed E-state index contributed by atoms with van der Waals surface area (Å²) in [4.78, 5) is 16.9. The summed E-state index contributed by atoms with van der Waals surface area (Å²) in [7, 11) is 3.48. The van der Waals surface area contributed by atoms with Gasteiger partial charge in [-0.05, 0) is 42.0 Å². The number of halogens is 1. The molecule has 1 atom stereocenters. The fourth-order valence-electron chi connectivity index (χ4n) is 2.77. The lowest BCUT2D eigenvalue weighted by molar-refractivity contribution is -0.122. The molecular formula is C21H22FN3O3. The third-order valence-electron chi connectivity index (χ3n) is 4.28. The highest BCUT2D eigenvalue weighted by Gasteiger charge is 2.20. The van der Waals surface area contributed by atoms with Crippen LogP contribution in [0.15, 0.2) is 60.9 Å². The molecule has 1 aromatic heterocycles. The summed E-state index contributed by atoms with van der Waals surface area (Å²) in [5.74, 6) is 1.47. The molecule has 3 rings (SSSR count). The molecule has 0 aliphatic heterocycles. The van der Waals surface area contributed by atoms with Crippen molar-refractivity contribution in [2.45, 2.75) is 12.5 Å². The van der Waals surface area contributed by atoms with Crippen molar-refractivity contribution in [3.8, 4) is 11.5 Å². The summed E-state index contributed by atoms with van der Waals surface area (Å²) < 4.78 is 25.5. The highest BCUT2D eigenvalue weighted by Crippen LogP contribution is 2.23. The van der Waals surface area contributed by atoms with Crippen molar-refractivity contribution < 1.29 is 18.7 Å². The molecular weight excluding hydrogens is 361 g/mol. The molecule has 0 fully saturated rings. The standard InChI is InChI=1S/C21H22FN3O3/c1-25-13-12-23-21(25)20(15-3-7-17(27-2)8-4-15)24-19(26)11-14-28-18-9-5-16(22)6-10-18/h3-10,12-13,20H,11,14H2,1-2H3,(H,24,26). The molecule has 3 aromatic rings. The molecule has 0 spiro atoms. The Morgan fingerprint density at radius 3 is 2.43 bits per heavy atom. The van der Waals surface area contributed by atoms with Crippen LogP contribution in [0, 0.1) is 5.82 Å². The first kappa shape index (κ1) is 19.4. The number of carbonyl (C=O) groups excluding carboxylic acids is 1. The van der Waals surface area contributed by atoms with Crippen LogP contribution in [-0.2, 0) is 11.8 Å². The smallest absolute Gasteiger partial charge is 0.224 e. The first-order valence-electron chi connectivity index (χ1n) is 8.85. The van der Waals surface area contributed by atoms with Crippen molar-refractivity contribution >= 4 is 5.91 Å². The van der Waals surface area contributed by atoms with Crippen LogP contribution < -0.4 is 14.8 Å². The van der Waals surface area contributed by atoms with Gasteiger partial charge in [0.25, 0.3) is 0 Å². The largest absolute Gasteiger partial charge is 0.497 e. The Labute approximate surface area is 162 Å². The zero-order valence-corrected chi connectivity index (χ0v) is 15.8. The molecule has 1 N–H and O–H groups in total. The van der Waals surface area contributed by atoms with Crippen molar-refractivity contribution in [2.24, 2.45) is 7.05 Å². The van der Waals surface area contributed by atoms with Crippen LogP contribution in [0.1, 0.15) is 23.9 Å². The van der Waals surface area contributed by atoms with Crippen LogP contribution in [0.5, 0.6) is 11.5 Å². The van der Waals surface area contributed by atoms with E-state index in [0.717, 1.165) is 17.1 Å². The highest BCUT2D eigenvalue weighted by atomic mass is 19.1. The van der Waals surface area contributed by atoms with Crippen LogP contribution in [-0.4, -0.2) is 29.2 Å². The number of carbonyl (C=O) groups is 1. The van der Waals surface area contributed by atoms with Gasteiger partial charge in [0, 0.05) is 19.4 Å². The lowest BCUT2D eigenvalue weighted by atomic mass is 10.1. The second kappa shape index (κ2) is 9.03. The van der Waals surface area contributed by atoms with E-state index in [4.69, 9.17) is 9.47 Å². The van der Waals surface area contributed by atoms with Gasteiger partial charge in [-0.1, -0.05) is 12.1 Å². The summed E-state index contributed by atoms with van der Waals surface area (Å²) in [6.45, 7) is 0.188. The van der Waals surface area contributed by atoms with Crippen molar-refractivity contribution in [3.05, 3.63) is 78.1 Å². The Morgan fingerprint density at radius 1 is 1.14 bits per heavy atom. The van der Waals surface area contributed by atoms with Gasteiger partial charge in [-0.15, -0.1) is 0 Å². The number of hydrogen-bond donors (Lipinski definition) is 1. The lowest BCUT2D eigenvalue weighted by Crippen LogP contribution is -2.32. The third-order valence-corrected chi connectivity index (χ3v) is 4.28. The zero-order chi connectivity index (χ0) is 19.9. The molecule has 0 bridgehead atoms. The molecule has 0 saturated carbocycles. The van der Waals surface area contributed by atoms with Crippen LogP contribution in [0.2, 0.25) is 0 Å². The Hall–Kier alpha value is -3.35. The van der Waals surface area contributed by atoms with Crippen LogP contribution in [0.25, 0.3) is 0 Å². The van der Waals surface area contributed by atoms with E-state index < -0.39 is 6.04 Å². The maximum atomic E-state index is 12.9. The van der Waals surface area contributed by atoms with E-state index in [1.807, 2.05) is 42.1 Å². The van der Waals surface area contributed by atoms with Crippen molar-refractivity contribution in [1.29, 1.82) is 0 Å². The first-order chi connectivity index (χ1) is 13.6. The van der Waals surface area contributed by atoms with Gasteiger partial charge < -0.3 is 19.4 Å². The normalized spacial score (nSPS) is 11.7. The minimum Gasteiger partial charge on any atom is -0.497 e. The Morgan fingerprint density at radius 2 is 1.82 bits per heavy atom. The number of rotatable bonds is 8. The van der Waals surface area contributed by atoms with Gasteiger partial charge in [0.2, 0.25) is 5.91 Å². The van der Waals surface area contributed by atoms with Crippen LogP contribution in [0.4, 0.5) is 4.39 Å². The highest BCUT2D eigenvalue weighted by molar-refractivity contribution is 5.77. The Kier molecular flexibility index (Phi) is 6.26. The first-order valence-corrected chi connectivity index (χ1v) is 8.85. The molecule has 0 aliphatic rings. The average molecular weight is 383 g/mol. The molecule has 0 radical (unpaired) electrons. The van der Waals surface area contributed by atoms with Crippen LogP contribution >= 0.6 is 0 Å². The van der Waals surface area contributed by atoms with E-state index in [1.165, 1.54) is 24.3 Å². The number of ether oxygens (including phenoxy) is 2. The van der Waals surface area contributed by atoms with E-state index in [1.54, 1.807) is 13.3 Å². The topological polar surface area (TPSA) is 65.4 Å². The maximum absolute atomic E-state index is 12.9. The molecule has 0 aliphatic carbocycles. The number of hydrogen-bond acceptors (Lipinski definition) is 4. The SMILES string of the molecule is COc1ccc(C(NC(=O)CCOc2ccc(F)cc2)c2nccn2C)cc1. The van der Waals surface area contributed by atoms with Gasteiger partial charge in [-0.2, -0.15) is 0 Å². The Bertz CT molecular complexity index is 907. The van der Waals surface area contributed by atoms with Gasteiger partial charge >= 0.3 is 0 Å². The number of aryl methyl sites for hydroxylation is 1. The molecule has 28 heavy (non-hydrogen) atoms. The van der Waals surface area contributed by atoms with Gasteiger partial charge in [0.15, 0.2) is 0 Å². The summed E-state index contributed by atoms with van der Waals surface area (Å²) >= 11 is 0. The summed E-state index contributed by atoms with van der Waals surface area (Å²) in [6.07, 6.45) is 3.68. The number of benzene rings is 2. The molecule has 0 saturated heterocycles. The zero-order valence-electron chi connectivity index (χ0n) is 15.8. The lowest BCUT2D eigenvalue weighted by Gasteiger charge is -2.19. The predicted molar refractivity (Wildman–Crippen MR) is 103 cm³/mol. The van der Waals surface area contributed by atoms with Gasteiger partial charge in [-0.25, -0.2) is 9.37 Å². The molecule has 146 valence electrons. The number of nitrogens with zero attached hydrogens (tertiary/aromatic N) is 2. The fourth-order valence-corrected chi connectivity index (χ4v) is 2.77. The molecule has 2 aromatic carbocycles. The second-order valence-electron chi connectivity index (χ2n) is 6.22. The summed E-state index contributed by atoms with van der Waals surface area (Å²) in [6, 6.07) is 12.8. The minimum atomic E-state index is -0.399. The summed E-state index contributed by atoms with van der Waals surface area (Å²) in [5, 5.41) is 3.01. The van der Waals surface area contributed by atoms with Gasteiger partial charge in [0.05, 0.1) is 20.1 Å². The molecule has 7 heteroatoms. The second-order valence-corrected chi connectivity index (χ2v) is 6.22. The van der Waals surface area contributed by atoms with E-state index in [9.17, 15) is 9.18 Å². The van der Waals surface area contributed by atoms with E-state index in [-0.39, 0.29) is 24.8 Å². The predicted octanol–water partition coefficient (Wildman–Crippen LogP) is 3.24.